The molecule has 0 atom stereocenters. The highest BCUT2D eigenvalue weighted by Crippen LogP contribution is 2.44. The Kier molecular flexibility index (Phi) is 3.72. The summed E-state index contributed by atoms with van der Waals surface area (Å²) in [6, 6.07) is 14.8. The van der Waals surface area contributed by atoms with E-state index in [2.05, 4.69) is 56.7 Å². The van der Waals surface area contributed by atoms with Crippen LogP contribution in [0.15, 0.2) is 61.2 Å². The van der Waals surface area contributed by atoms with Crippen LogP contribution in [-0.4, -0.2) is 15.0 Å². The maximum Gasteiger partial charge on any atom is 0.129 e. The average Bonchev–Trinajstić information content (AvgIpc) is 3.46. The summed E-state index contributed by atoms with van der Waals surface area (Å²) in [5.74, 6) is 1.55. The van der Waals surface area contributed by atoms with Gasteiger partial charge in [0.15, 0.2) is 0 Å². The maximum absolute atomic E-state index is 4.59. The molecule has 1 aliphatic rings. The molecule has 1 fully saturated rings. The monoisotopic (exact) mass is 302 g/mol. The lowest BCUT2D eigenvalue weighted by molar-refractivity contribution is 1.02. The summed E-state index contributed by atoms with van der Waals surface area (Å²) in [6.07, 6.45) is 7.85. The van der Waals surface area contributed by atoms with Crippen molar-refractivity contribution in [2.75, 3.05) is 5.32 Å². The number of pyridine rings is 1. The van der Waals surface area contributed by atoms with Crippen LogP contribution >= 0.6 is 0 Å². The second-order valence-electron chi connectivity index (χ2n) is 5.85. The highest BCUT2D eigenvalue weighted by atomic mass is 15.0. The highest BCUT2D eigenvalue weighted by Gasteiger charge is 2.25. The van der Waals surface area contributed by atoms with Gasteiger partial charge in [-0.1, -0.05) is 30.3 Å². The Hall–Kier alpha value is -2.75. The number of rotatable bonds is 5. The Morgan fingerprint density at radius 2 is 1.91 bits per heavy atom. The Bertz CT molecular complexity index is 780. The summed E-state index contributed by atoms with van der Waals surface area (Å²) < 4.78 is 0. The minimum absolute atomic E-state index is 0.654. The van der Waals surface area contributed by atoms with Crippen molar-refractivity contribution in [2.24, 2.45) is 0 Å². The van der Waals surface area contributed by atoms with E-state index in [4.69, 9.17) is 0 Å². The molecule has 4 heteroatoms. The van der Waals surface area contributed by atoms with Crippen LogP contribution in [0.25, 0.3) is 11.1 Å². The third kappa shape index (κ3) is 3.21. The molecule has 1 aromatic carbocycles. The first-order valence-electron chi connectivity index (χ1n) is 7.94. The predicted octanol–water partition coefficient (Wildman–Crippen LogP) is 4.03. The van der Waals surface area contributed by atoms with Gasteiger partial charge in [-0.2, -0.15) is 0 Å². The molecule has 2 heterocycles. The van der Waals surface area contributed by atoms with Crippen molar-refractivity contribution in [1.82, 2.24) is 15.0 Å². The molecule has 4 nitrogen and oxygen atoms in total. The van der Waals surface area contributed by atoms with Gasteiger partial charge in [0.25, 0.3) is 0 Å². The van der Waals surface area contributed by atoms with Crippen molar-refractivity contribution in [3.05, 3.63) is 72.4 Å². The largest absolute Gasteiger partial charge is 0.364 e. The lowest BCUT2D eigenvalue weighted by atomic mass is 9.98. The highest BCUT2D eigenvalue weighted by molar-refractivity contribution is 5.68. The molecule has 23 heavy (non-hydrogen) atoms. The van der Waals surface area contributed by atoms with Gasteiger partial charge in [0.1, 0.15) is 12.1 Å². The van der Waals surface area contributed by atoms with E-state index in [1.165, 1.54) is 35.9 Å². The second kappa shape index (κ2) is 6.16. The third-order valence-corrected chi connectivity index (χ3v) is 4.15. The Morgan fingerprint density at radius 1 is 1.00 bits per heavy atom. The molecule has 0 amide bonds. The number of aromatic nitrogens is 3. The molecule has 0 radical (unpaired) electrons. The van der Waals surface area contributed by atoms with E-state index < -0.39 is 0 Å². The lowest BCUT2D eigenvalue weighted by Crippen LogP contribution is -2.03. The molecule has 1 aliphatic carbocycles. The summed E-state index contributed by atoms with van der Waals surface area (Å²) >= 11 is 0. The number of nitrogens with zero attached hydrogens (tertiary/aromatic N) is 3. The minimum atomic E-state index is 0.654. The molecule has 3 aromatic rings. The van der Waals surface area contributed by atoms with Gasteiger partial charge in [-0.25, -0.2) is 9.97 Å². The van der Waals surface area contributed by atoms with Crippen molar-refractivity contribution in [3.63, 3.8) is 0 Å². The molecule has 0 saturated heterocycles. The van der Waals surface area contributed by atoms with E-state index in [1.54, 1.807) is 6.20 Å². The molecule has 0 aliphatic heterocycles. The van der Waals surface area contributed by atoms with Crippen LogP contribution < -0.4 is 5.32 Å². The average molecular weight is 302 g/mol. The van der Waals surface area contributed by atoms with Crippen molar-refractivity contribution >= 4 is 5.82 Å². The van der Waals surface area contributed by atoms with E-state index >= 15 is 0 Å². The summed E-state index contributed by atoms with van der Waals surface area (Å²) in [7, 11) is 0. The molecule has 4 rings (SSSR count). The van der Waals surface area contributed by atoms with E-state index in [0.717, 1.165) is 17.4 Å². The van der Waals surface area contributed by atoms with Gasteiger partial charge in [0.2, 0.25) is 0 Å². The van der Waals surface area contributed by atoms with Crippen molar-refractivity contribution in [1.29, 1.82) is 0 Å². The zero-order valence-corrected chi connectivity index (χ0v) is 12.8. The lowest BCUT2D eigenvalue weighted by Gasteiger charge is -2.09. The second-order valence-corrected chi connectivity index (χ2v) is 5.85. The number of benzene rings is 1. The van der Waals surface area contributed by atoms with Gasteiger partial charge >= 0.3 is 0 Å². The molecule has 1 saturated carbocycles. The summed E-state index contributed by atoms with van der Waals surface area (Å²) in [5, 5.41) is 3.25. The molecule has 2 aromatic heterocycles. The summed E-state index contributed by atoms with van der Waals surface area (Å²) in [5.41, 5.74) is 4.97. The number of nitrogens with one attached hydrogen (secondary N) is 1. The topological polar surface area (TPSA) is 50.7 Å². The zero-order valence-electron chi connectivity index (χ0n) is 12.8. The number of anilines is 1. The molecular weight excluding hydrogens is 284 g/mol. The van der Waals surface area contributed by atoms with Crippen LogP contribution in [0.5, 0.6) is 0 Å². The van der Waals surface area contributed by atoms with Crippen LogP contribution in [0.1, 0.15) is 30.0 Å². The fourth-order valence-electron chi connectivity index (χ4n) is 2.77. The number of hydrogen-bond donors (Lipinski definition) is 1. The van der Waals surface area contributed by atoms with Crippen molar-refractivity contribution in [3.8, 4) is 11.1 Å². The summed E-state index contributed by atoms with van der Waals surface area (Å²) in [6.45, 7) is 0.654. The van der Waals surface area contributed by atoms with Crippen LogP contribution in [0.3, 0.4) is 0 Å². The van der Waals surface area contributed by atoms with Gasteiger partial charge in [-0.3, -0.25) is 4.98 Å². The molecule has 0 bridgehead atoms. The molecule has 1 N–H and O–H groups in total. The fourth-order valence-corrected chi connectivity index (χ4v) is 2.77. The van der Waals surface area contributed by atoms with Crippen LogP contribution in [0, 0.1) is 0 Å². The van der Waals surface area contributed by atoms with E-state index in [9.17, 15) is 0 Å². The van der Waals surface area contributed by atoms with Gasteiger partial charge < -0.3 is 5.32 Å². The Balaban J connectivity index is 1.50. The standard InChI is InChI=1S/C19H18N4/c1-2-4-18(17(3-1)14-5-6-14)15-7-8-16(21-11-15)12-22-19-9-10-20-13-23-19/h1-4,7-11,13-14H,5-6,12H2,(H,20,22,23). The molecule has 114 valence electrons. The van der Waals surface area contributed by atoms with E-state index in [0.29, 0.717) is 6.54 Å². The third-order valence-electron chi connectivity index (χ3n) is 4.15. The predicted molar refractivity (Wildman–Crippen MR) is 91.0 cm³/mol. The first-order valence-corrected chi connectivity index (χ1v) is 7.94. The molecular formula is C19H18N4. The van der Waals surface area contributed by atoms with Gasteiger partial charge in [-0.05, 0) is 42.0 Å². The van der Waals surface area contributed by atoms with Crippen LogP contribution in [0.4, 0.5) is 5.82 Å². The van der Waals surface area contributed by atoms with Crippen LogP contribution in [-0.2, 0) is 6.54 Å². The maximum atomic E-state index is 4.59. The van der Waals surface area contributed by atoms with Crippen LogP contribution in [0.2, 0.25) is 0 Å². The van der Waals surface area contributed by atoms with Gasteiger partial charge in [0.05, 0.1) is 12.2 Å². The van der Waals surface area contributed by atoms with Crippen molar-refractivity contribution < 1.29 is 0 Å². The Morgan fingerprint density at radius 3 is 2.65 bits per heavy atom. The quantitative estimate of drug-likeness (QED) is 0.773. The SMILES string of the molecule is c1ccc(C2CC2)c(-c2ccc(CNc3ccncn3)nc2)c1. The summed E-state index contributed by atoms with van der Waals surface area (Å²) in [4.78, 5) is 12.6. The van der Waals surface area contributed by atoms with E-state index in [-0.39, 0.29) is 0 Å². The first kappa shape index (κ1) is 13.9. The first-order chi connectivity index (χ1) is 11.4. The minimum Gasteiger partial charge on any atom is -0.364 e. The van der Waals surface area contributed by atoms with Gasteiger partial charge in [-0.15, -0.1) is 0 Å². The normalized spacial score (nSPS) is 13.7. The van der Waals surface area contributed by atoms with Crippen molar-refractivity contribution in [2.45, 2.75) is 25.3 Å². The Labute approximate surface area is 135 Å². The fraction of sp³-hybridized carbons (Fsp3) is 0.211. The molecule has 0 spiro atoms. The van der Waals surface area contributed by atoms with Gasteiger partial charge in [0, 0.05) is 18.0 Å². The zero-order chi connectivity index (χ0) is 15.5. The smallest absolute Gasteiger partial charge is 0.129 e. The van der Waals surface area contributed by atoms with E-state index in [1.807, 2.05) is 12.3 Å². The molecule has 0 unspecified atom stereocenters. The number of hydrogen-bond acceptors (Lipinski definition) is 4.